The Kier molecular flexibility index (Phi) is 4.76. The van der Waals surface area contributed by atoms with Gasteiger partial charge in [-0.05, 0) is 47.2 Å². The molecule has 0 spiro atoms. The van der Waals surface area contributed by atoms with Crippen LogP contribution in [0, 0.1) is 0 Å². The summed E-state index contributed by atoms with van der Waals surface area (Å²) in [7, 11) is 0. The summed E-state index contributed by atoms with van der Waals surface area (Å²) in [5.74, 6) is 0.0396. The first-order valence-corrected chi connectivity index (χ1v) is 9.78. The third-order valence-corrected chi connectivity index (χ3v) is 5.17. The van der Waals surface area contributed by atoms with Gasteiger partial charge < -0.3 is 5.32 Å². The zero-order valence-electron chi connectivity index (χ0n) is 15.9. The molecule has 2 heterocycles. The minimum atomic E-state index is 0. The number of allylic oxidation sites excluding steroid dienone is 5. The molecule has 0 radical (unpaired) electrons. The average molecular weight is 358 g/mol. The van der Waals surface area contributed by atoms with Crippen LogP contribution in [0.3, 0.4) is 0 Å². The molecule has 0 atom stereocenters. The van der Waals surface area contributed by atoms with Gasteiger partial charge in [0.15, 0.2) is 0 Å². The van der Waals surface area contributed by atoms with Crippen molar-refractivity contribution in [1.29, 1.82) is 0 Å². The van der Waals surface area contributed by atoms with Crippen molar-refractivity contribution in [2.24, 2.45) is 0 Å². The summed E-state index contributed by atoms with van der Waals surface area (Å²) in [5, 5.41) is 2.90. The number of amides is 1. The zero-order valence-corrected chi connectivity index (χ0v) is 15.9. The fraction of sp³-hybridized carbons (Fsp3) is 0.250. The zero-order chi connectivity index (χ0) is 18.8. The minimum Gasteiger partial charge on any atom is -0.352 e. The summed E-state index contributed by atoms with van der Waals surface area (Å²) in [5.41, 5.74) is 9.00. The van der Waals surface area contributed by atoms with Crippen LogP contribution in [0.25, 0.3) is 11.1 Å². The molecular weight excluding hydrogens is 332 g/mol. The van der Waals surface area contributed by atoms with Crippen LogP contribution in [-0.2, 0) is 12.8 Å². The Labute approximate surface area is 162 Å². The first kappa shape index (κ1) is 17.5. The summed E-state index contributed by atoms with van der Waals surface area (Å²) in [6.07, 6.45) is 11.5. The van der Waals surface area contributed by atoms with Crippen molar-refractivity contribution < 1.29 is 6.22 Å². The minimum absolute atomic E-state index is 0. The number of fused-ring (bicyclic) bond motifs is 2. The molecule has 3 aliphatic rings. The van der Waals surface area contributed by atoms with E-state index >= 15 is 0 Å². The Balaban J connectivity index is 0.000000728. The van der Waals surface area contributed by atoms with E-state index in [1.54, 1.807) is 0 Å². The molecule has 1 aromatic carbocycles. The first-order valence-electron chi connectivity index (χ1n) is 9.78. The normalized spacial score (nSPS) is 16.6. The second-order valence-corrected chi connectivity index (χ2v) is 6.69. The number of nitrogens with zero attached hydrogens (tertiary/aromatic N) is 1. The summed E-state index contributed by atoms with van der Waals surface area (Å²) in [4.78, 5) is 16.8. The smallest absolute Gasteiger partial charge is 0.251 e. The molecule has 1 aromatic heterocycles. The van der Waals surface area contributed by atoms with Crippen molar-refractivity contribution in [3.63, 3.8) is 0 Å². The second-order valence-electron chi connectivity index (χ2n) is 6.69. The van der Waals surface area contributed by atoms with Crippen LogP contribution in [-0.4, -0.2) is 17.4 Å². The fourth-order valence-corrected chi connectivity index (χ4v) is 3.89. The molecule has 1 N–H and O–H groups in total. The molecule has 5 rings (SSSR count). The molecular formula is C24H26N2O. The van der Waals surface area contributed by atoms with Gasteiger partial charge in [0.2, 0.25) is 0 Å². The van der Waals surface area contributed by atoms with Gasteiger partial charge in [0.25, 0.3) is 5.91 Å². The van der Waals surface area contributed by atoms with Crippen LogP contribution in [0.15, 0.2) is 54.6 Å². The third kappa shape index (κ3) is 3.14. The van der Waals surface area contributed by atoms with Crippen molar-refractivity contribution in [3.8, 4) is 0 Å². The van der Waals surface area contributed by atoms with Gasteiger partial charge in [-0.2, -0.15) is 0 Å². The van der Waals surface area contributed by atoms with E-state index in [0.717, 1.165) is 48.3 Å². The molecule has 0 saturated carbocycles. The molecule has 0 fully saturated rings. The van der Waals surface area contributed by atoms with Crippen molar-refractivity contribution >= 4 is 17.1 Å². The molecule has 0 unspecified atom stereocenters. The molecule has 2 aliphatic carbocycles. The number of hydrogen-bond donors (Lipinski definition) is 1. The number of aromatic nitrogens is 1. The maximum Gasteiger partial charge on any atom is 0.251 e. The number of carbonyl (C=O) groups is 1. The fourth-order valence-electron chi connectivity index (χ4n) is 3.89. The van der Waals surface area contributed by atoms with E-state index in [-0.39, 0.29) is 7.33 Å². The number of benzene rings is 1. The van der Waals surface area contributed by atoms with Gasteiger partial charge in [-0.1, -0.05) is 56.4 Å². The van der Waals surface area contributed by atoms with E-state index in [1.807, 2.05) is 19.9 Å². The highest BCUT2D eigenvalue weighted by molar-refractivity contribution is 5.97. The van der Waals surface area contributed by atoms with Gasteiger partial charge in [0.1, 0.15) is 0 Å². The molecule has 1 amide bonds. The molecule has 2 aromatic rings. The highest BCUT2D eigenvalue weighted by Crippen LogP contribution is 2.34. The average Bonchev–Trinajstić information content (AvgIpc) is 3.39. The molecule has 27 heavy (non-hydrogen) atoms. The lowest BCUT2D eigenvalue weighted by Crippen LogP contribution is -2.31. The molecule has 0 saturated heterocycles. The van der Waals surface area contributed by atoms with E-state index in [4.69, 9.17) is 4.98 Å². The Morgan fingerprint density at radius 2 is 1.93 bits per heavy atom. The van der Waals surface area contributed by atoms with Gasteiger partial charge in [0, 0.05) is 25.5 Å². The maximum atomic E-state index is 11.9. The van der Waals surface area contributed by atoms with E-state index in [2.05, 4.69) is 53.9 Å². The van der Waals surface area contributed by atoms with Crippen LogP contribution in [0.1, 0.15) is 60.1 Å². The van der Waals surface area contributed by atoms with Crippen LogP contribution < -0.4 is 5.32 Å². The summed E-state index contributed by atoms with van der Waals surface area (Å²) in [6, 6.07) is 10.5. The summed E-state index contributed by atoms with van der Waals surface area (Å²) >= 11 is 0. The van der Waals surface area contributed by atoms with Crippen molar-refractivity contribution in [3.05, 3.63) is 88.3 Å². The topological polar surface area (TPSA) is 42.0 Å². The van der Waals surface area contributed by atoms with Gasteiger partial charge in [-0.25, -0.2) is 0 Å². The summed E-state index contributed by atoms with van der Waals surface area (Å²) in [6.45, 7) is 4.72. The molecule has 3 nitrogen and oxygen atoms in total. The van der Waals surface area contributed by atoms with Crippen LogP contribution >= 0.6 is 0 Å². The Bertz CT molecular complexity index is 1000. The van der Waals surface area contributed by atoms with E-state index in [1.165, 1.54) is 22.3 Å². The van der Waals surface area contributed by atoms with Gasteiger partial charge in [0.05, 0.1) is 11.4 Å². The lowest BCUT2D eigenvalue weighted by atomic mass is 9.93. The quantitative estimate of drug-likeness (QED) is 0.823. The van der Waals surface area contributed by atoms with Crippen LogP contribution in [0.2, 0.25) is 0 Å². The highest BCUT2D eigenvalue weighted by atomic mass is 16.1. The first-order chi connectivity index (χ1) is 13.3. The Morgan fingerprint density at radius 3 is 2.74 bits per heavy atom. The lowest BCUT2D eigenvalue weighted by molar-refractivity contribution is 0.0946. The van der Waals surface area contributed by atoms with Crippen molar-refractivity contribution in [1.82, 2.24) is 10.3 Å². The highest BCUT2D eigenvalue weighted by Gasteiger charge is 2.21. The van der Waals surface area contributed by atoms with Gasteiger partial charge >= 0.3 is 0 Å². The number of carbonyl (C=O) groups excluding carboxylic acids is 1. The molecule has 1 aliphatic heterocycles. The van der Waals surface area contributed by atoms with Crippen LogP contribution in [0.4, 0.5) is 0 Å². The number of nitrogens with one attached hydrogen (secondary N) is 1. The number of rotatable bonds is 2. The molecule has 0 bridgehead atoms. The Hall–Kier alpha value is -2.94. The predicted octanol–water partition coefficient (Wildman–Crippen LogP) is 4.97. The Morgan fingerprint density at radius 1 is 1.07 bits per heavy atom. The SMILES string of the molecule is CC.O=C1NCCc2cc(C3=CCc4nc(C5=CCC=C5)ccc43)ccc21.[HH]. The van der Waals surface area contributed by atoms with Crippen LogP contribution in [0.5, 0.6) is 0 Å². The predicted molar refractivity (Wildman–Crippen MR) is 113 cm³/mol. The van der Waals surface area contributed by atoms with Gasteiger partial charge in [-0.3, -0.25) is 9.78 Å². The van der Waals surface area contributed by atoms with E-state index in [9.17, 15) is 4.79 Å². The van der Waals surface area contributed by atoms with E-state index < -0.39 is 0 Å². The third-order valence-electron chi connectivity index (χ3n) is 5.17. The van der Waals surface area contributed by atoms with Crippen molar-refractivity contribution in [2.45, 2.75) is 33.1 Å². The second kappa shape index (κ2) is 7.36. The maximum absolute atomic E-state index is 11.9. The number of pyridine rings is 1. The monoisotopic (exact) mass is 358 g/mol. The van der Waals surface area contributed by atoms with Crippen molar-refractivity contribution in [2.75, 3.05) is 6.54 Å². The van der Waals surface area contributed by atoms with E-state index in [0.29, 0.717) is 0 Å². The van der Waals surface area contributed by atoms with Gasteiger partial charge in [-0.15, -0.1) is 0 Å². The standard InChI is InChI=1S/C22H18N2O.C2H6.H2/c25-22-18-6-5-15(13-16(18)11-12-23-22)17-7-10-21-19(17)8-9-20(24-21)14-3-1-2-4-14;1-2;/h1,3-9,13H,2,10-12H2,(H,23,25);1-2H3;1H. The molecule has 3 heteroatoms. The summed E-state index contributed by atoms with van der Waals surface area (Å²) < 4.78 is 0. The lowest BCUT2D eigenvalue weighted by Gasteiger charge is -2.18. The largest absolute Gasteiger partial charge is 0.352 e. The molecule has 138 valence electrons. The number of hydrogen-bond acceptors (Lipinski definition) is 2.